The molecular weight excluding hydrogens is 318 g/mol. The van der Waals surface area contributed by atoms with Crippen LogP contribution in [0.15, 0.2) is 51.9 Å². The smallest absolute Gasteiger partial charge is 0.408 e. The van der Waals surface area contributed by atoms with Crippen LogP contribution in [0.3, 0.4) is 0 Å². The largest absolute Gasteiger partial charge is 0.419 e. The predicted octanol–water partition coefficient (Wildman–Crippen LogP) is 1.92. The fourth-order valence-corrected chi connectivity index (χ4v) is 2.25. The average molecular weight is 334 g/mol. The van der Waals surface area contributed by atoms with Crippen molar-refractivity contribution < 1.29 is 9.21 Å². The van der Waals surface area contributed by atoms with Gasteiger partial charge in [-0.15, -0.1) is 12.4 Å². The first-order valence-corrected chi connectivity index (χ1v) is 6.92. The molecular formula is C16H16ClN3O3. The van der Waals surface area contributed by atoms with Gasteiger partial charge in [-0.25, -0.2) is 4.79 Å². The van der Waals surface area contributed by atoms with Crippen LogP contribution in [0.4, 0.5) is 0 Å². The summed E-state index contributed by atoms with van der Waals surface area (Å²) in [5.41, 5.74) is 2.93. The molecule has 3 aromatic rings. The third kappa shape index (κ3) is 3.60. The molecule has 0 radical (unpaired) electrons. The van der Waals surface area contributed by atoms with Gasteiger partial charge in [-0.2, -0.15) is 0 Å². The Morgan fingerprint density at radius 2 is 2.00 bits per heavy atom. The Hall–Kier alpha value is -2.60. The van der Waals surface area contributed by atoms with Gasteiger partial charge in [-0.3, -0.25) is 14.3 Å². The van der Waals surface area contributed by atoms with Crippen LogP contribution in [0, 0.1) is 0 Å². The molecule has 0 spiro atoms. The van der Waals surface area contributed by atoms with Crippen LogP contribution < -0.4 is 11.1 Å². The Morgan fingerprint density at radius 1 is 1.26 bits per heavy atom. The summed E-state index contributed by atoms with van der Waals surface area (Å²) in [6.45, 7) is 0.512. The van der Waals surface area contributed by atoms with E-state index in [1.807, 2.05) is 12.1 Å². The van der Waals surface area contributed by atoms with Gasteiger partial charge in [0.25, 0.3) is 5.91 Å². The summed E-state index contributed by atoms with van der Waals surface area (Å²) in [6, 6.07) is 8.91. The number of benzene rings is 1. The maximum Gasteiger partial charge on any atom is 0.419 e. The molecule has 0 saturated heterocycles. The van der Waals surface area contributed by atoms with Gasteiger partial charge in [-0.1, -0.05) is 6.07 Å². The highest BCUT2D eigenvalue weighted by atomic mass is 35.5. The number of rotatable bonds is 4. The standard InChI is InChI=1S/C16H15N3O3.ClH/c1-19-13-10-11(2-3-14(13)22-16(19)21)4-9-18-15(20)12-5-7-17-8-6-12;/h2-3,5-8,10H,4,9H2,1H3,(H,18,20);1H. The van der Waals surface area contributed by atoms with Crippen molar-refractivity contribution in [3.8, 4) is 0 Å². The van der Waals surface area contributed by atoms with Gasteiger partial charge in [0.2, 0.25) is 0 Å². The predicted molar refractivity (Wildman–Crippen MR) is 89.0 cm³/mol. The Balaban J connectivity index is 0.00000192. The molecule has 1 N–H and O–H groups in total. The molecule has 1 aromatic carbocycles. The minimum atomic E-state index is -0.377. The second-order valence-electron chi connectivity index (χ2n) is 4.97. The fraction of sp³-hybridized carbons (Fsp3) is 0.188. The van der Waals surface area contributed by atoms with Gasteiger partial charge in [0, 0.05) is 31.5 Å². The molecule has 7 heteroatoms. The highest BCUT2D eigenvalue weighted by Crippen LogP contribution is 2.14. The van der Waals surface area contributed by atoms with Crippen molar-refractivity contribution in [2.75, 3.05) is 6.54 Å². The number of nitrogens with zero attached hydrogens (tertiary/aromatic N) is 2. The molecule has 0 saturated carbocycles. The van der Waals surface area contributed by atoms with Crippen LogP contribution in [-0.2, 0) is 13.5 Å². The summed E-state index contributed by atoms with van der Waals surface area (Å²) in [5, 5.41) is 2.86. The number of hydrogen-bond donors (Lipinski definition) is 1. The first-order valence-electron chi connectivity index (χ1n) is 6.92. The minimum Gasteiger partial charge on any atom is -0.408 e. The van der Waals surface area contributed by atoms with Crippen molar-refractivity contribution in [1.82, 2.24) is 14.9 Å². The van der Waals surface area contributed by atoms with Gasteiger partial charge < -0.3 is 9.73 Å². The molecule has 0 bridgehead atoms. The summed E-state index contributed by atoms with van der Waals surface area (Å²) in [6.07, 6.45) is 3.84. The zero-order chi connectivity index (χ0) is 15.5. The molecule has 0 fully saturated rings. The van der Waals surface area contributed by atoms with E-state index in [0.29, 0.717) is 24.1 Å². The van der Waals surface area contributed by atoms with E-state index >= 15 is 0 Å². The van der Waals surface area contributed by atoms with Crippen LogP contribution in [0.2, 0.25) is 0 Å². The number of aryl methyl sites for hydroxylation is 1. The maximum atomic E-state index is 11.9. The van der Waals surface area contributed by atoms with Crippen LogP contribution in [-0.4, -0.2) is 22.0 Å². The van der Waals surface area contributed by atoms with Gasteiger partial charge in [0.05, 0.1) is 5.52 Å². The highest BCUT2D eigenvalue weighted by molar-refractivity contribution is 5.93. The number of oxazole rings is 1. The van der Waals surface area contributed by atoms with Gasteiger partial charge in [0.15, 0.2) is 5.58 Å². The molecule has 0 aliphatic heterocycles. The van der Waals surface area contributed by atoms with Crippen molar-refractivity contribution in [2.45, 2.75) is 6.42 Å². The molecule has 6 nitrogen and oxygen atoms in total. The second kappa shape index (κ2) is 7.11. The monoisotopic (exact) mass is 333 g/mol. The van der Waals surface area contributed by atoms with E-state index < -0.39 is 0 Å². The lowest BCUT2D eigenvalue weighted by molar-refractivity contribution is 0.0954. The fourth-order valence-electron chi connectivity index (χ4n) is 2.25. The van der Waals surface area contributed by atoms with Crippen molar-refractivity contribution in [1.29, 1.82) is 0 Å². The van der Waals surface area contributed by atoms with Gasteiger partial charge in [-0.05, 0) is 36.2 Å². The zero-order valence-electron chi connectivity index (χ0n) is 12.5. The van der Waals surface area contributed by atoms with E-state index in [0.717, 1.165) is 11.1 Å². The maximum absolute atomic E-state index is 11.9. The zero-order valence-corrected chi connectivity index (χ0v) is 13.3. The molecule has 3 rings (SSSR count). The summed E-state index contributed by atoms with van der Waals surface area (Å²) in [5.74, 6) is -0.502. The lowest BCUT2D eigenvalue weighted by Gasteiger charge is -2.05. The first-order chi connectivity index (χ1) is 10.6. The van der Waals surface area contributed by atoms with Crippen molar-refractivity contribution >= 4 is 29.4 Å². The molecule has 0 aliphatic carbocycles. The van der Waals surface area contributed by atoms with Gasteiger partial charge >= 0.3 is 5.76 Å². The molecule has 0 aliphatic rings. The molecule has 23 heavy (non-hydrogen) atoms. The Labute approximate surface area is 138 Å². The van der Waals surface area contributed by atoms with Gasteiger partial charge in [0.1, 0.15) is 0 Å². The second-order valence-corrected chi connectivity index (χ2v) is 4.97. The molecule has 2 heterocycles. The van der Waals surface area contributed by atoms with Crippen molar-refractivity contribution in [3.05, 3.63) is 64.4 Å². The van der Waals surface area contributed by atoms with Crippen LogP contribution in [0.5, 0.6) is 0 Å². The van der Waals surface area contributed by atoms with Crippen LogP contribution in [0.1, 0.15) is 15.9 Å². The summed E-state index contributed by atoms with van der Waals surface area (Å²) >= 11 is 0. The summed E-state index contributed by atoms with van der Waals surface area (Å²) in [7, 11) is 1.67. The molecule has 0 unspecified atom stereocenters. The number of carbonyl (C=O) groups is 1. The third-order valence-corrected chi connectivity index (χ3v) is 3.50. The van der Waals surface area contributed by atoms with E-state index in [-0.39, 0.29) is 24.1 Å². The lowest BCUT2D eigenvalue weighted by Crippen LogP contribution is -2.25. The quantitative estimate of drug-likeness (QED) is 0.791. The first kappa shape index (κ1) is 16.8. The number of carbonyl (C=O) groups excluding carboxylic acids is 1. The summed E-state index contributed by atoms with van der Waals surface area (Å²) in [4.78, 5) is 27.2. The minimum absolute atomic E-state index is 0. The molecule has 1 amide bonds. The lowest BCUT2D eigenvalue weighted by atomic mass is 10.1. The topological polar surface area (TPSA) is 77.1 Å². The number of halogens is 1. The van der Waals surface area contributed by atoms with E-state index in [9.17, 15) is 9.59 Å². The Morgan fingerprint density at radius 3 is 2.74 bits per heavy atom. The van der Waals surface area contributed by atoms with Crippen molar-refractivity contribution in [2.24, 2.45) is 7.05 Å². The van der Waals surface area contributed by atoms with E-state index in [2.05, 4.69) is 10.3 Å². The number of fused-ring (bicyclic) bond motifs is 1. The number of nitrogens with one attached hydrogen (secondary N) is 1. The van der Waals surface area contributed by atoms with Crippen LogP contribution >= 0.6 is 12.4 Å². The average Bonchev–Trinajstić information content (AvgIpc) is 2.83. The third-order valence-electron chi connectivity index (χ3n) is 3.50. The summed E-state index contributed by atoms with van der Waals surface area (Å²) < 4.78 is 6.55. The van der Waals surface area contributed by atoms with E-state index in [1.165, 1.54) is 4.57 Å². The molecule has 2 aromatic heterocycles. The number of amides is 1. The number of aromatic nitrogens is 2. The molecule has 0 atom stereocenters. The Kier molecular flexibility index (Phi) is 5.18. The SMILES string of the molecule is Cl.Cn1c(=O)oc2ccc(CCNC(=O)c3ccncc3)cc21. The number of pyridine rings is 1. The molecule has 120 valence electrons. The number of hydrogen-bond acceptors (Lipinski definition) is 4. The Bertz CT molecular complexity index is 871. The highest BCUT2D eigenvalue weighted by Gasteiger charge is 2.07. The van der Waals surface area contributed by atoms with E-state index in [4.69, 9.17) is 4.42 Å². The normalized spacial score (nSPS) is 10.3. The van der Waals surface area contributed by atoms with E-state index in [1.54, 1.807) is 37.6 Å². The van der Waals surface area contributed by atoms with Crippen molar-refractivity contribution in [3.63, 3.8) is 0 Å². The van der Waals surface area contributed by atoms with Crippen LogP contribution in [0.25, 0.3) is 11.1 Å².